The number of nitrogens with zero attached hydrogens (tertiary/aromatic N) is 3. The predicted octanol–water partition coefficient (Wildman–Crippen LogP) is 0.793. The second-order valence-corrected chi connectivity index (χ2v) is 5.55. The minimum Gasteiger partial charge on any atom is -0.322 e. The minimum absolute atomic E-state index is 0.0296. The van der Waals surface area contributed by atoms with Crippen LogP contribution < -0.4 is 16.0 Å². The number of aromatic nitrogens is 3. The molecule has 23 heavy (non-hydrogen) atoms. The average molecular weight is 314 g/mol. The second-order valence-electron chi connectivity index (χ2n) is 5.55. The van der Waals surface area contributed by atoms with E-state index in [1.54, 1.807) is 35.3 Å². The third kappa shape index (κ3) is 3.37. The Morgan fingerprint density at radius 2 is 2.13 bits per heavy atom. The van der Waals surface area contributed by atoms with Gasteiger partial charge in [-0.15, -0.1) is 0 Å². The number of carbonyl (C=O) groups is 2. The van der Waals surface area contributed by atoms with Crippen molar-refractivity contribution in [1.29, 1.82) is 0 Å². The van der Waals surface area contributed by atoms with Gasteiger partial charge in [-0.1, -0.05) is 0 Å². The van der Waals surface area contributed by atoms with Crippen molar-refractivity contribution in [2.45, 2.75) is 32.6 Å². The molecule has 0 bridgehead atoms. The van der Waals surface area contributed by atoms with Crippen LogP contribution in [0.15, 0.2) is 30.6 Å². The highest BCUT2D eigenvalue weighted by molar-refractivity contribution is 6.03. The number of aryl methyl sites for hydroxylation is 1. The fourth-order valence-electron chi connectivity index (χ4n) is 2.49. The fraction of sp³-hybridized carbons (Fsp3) is 0.333. The van der Waals surface area contributed by atoms with Crippen molar-refractivity contribution in [1.82, 2.24) is 25.4 Å². The van der Waals surface area contributed by atoms with Crippen molar-refractivity contribution >= 4 is 17.6 Å². The summed E-state index contributed by atoms with van der Waals surface area (Å²) in [7, 11) is 0. The largest absolute Gasteiger partial charge is 0.322 e. The molecule has 8 nitrogen and oxygen atoms in total. The molecule has 120 valence electrons. The Morgan fingerprint density at radius 3 is 2.83 bits per heavy atom. The van der Waals surface area contributed by atoms with E-state index >= 15 is 0 Å². The molecule has 8 heteroatoms. The number of amides is 2. The molecule has 0 spiro atoms. The summed E-state index contributed by atoms with van der Waals surface area (Å²) in [6.45, 7) is 3.75. The van der Waals surface area contributed by atoms with Crippen LogP contribution in [0.1, 0.15) is 35.7 Å². The van der Waals surface area contributed by atoms with Gasteiger partial charge in [0.15, 0.2) is 6.29 Å². The number of anilines is 1. The Bertz CT molecular complexity index is 727. The summed E-state index contributed by atoms with van der Waals surface area (Å²) in [5.74, 6) is 0.195. The van der Waals surface area contributed by atoms with Gasteiger partial charge in [-0.2, -0.15) is 5.10 Å². The third-order valence-electron chi connectivity index (χ3n) is 3.52. The highest BCUT2D eigenvalue weighted by Crippen LogP contribution is 2.17. The van der Waals surface area contributed by atoms with Crippen LogP contribution in [0.3, 0.4) is 0 Å². The van der Waals surface area contributed by atoms with Gasteiger partial charge in [0.05, 0.1) is 5.69 Å². The molecule has 0 radical (unpaired) electrons. The van der Waals surface area contributed by atoms with Crippen LogP contribution in [0.2, 0.25) is 0 Å². The highest BCUT2D eigenvalue weighted by Gasteiger charge is 2.26. The van der Waals surface area contributed by atoms with Crippen LogP contribution in [0.4, 0.5) is 5.82 Å². The number of hydrogen-bond donors (Lipinski definition) is 3. The molecule has 1 fully saturated rings. The molecule has 3 rings (SSSR count). The fourth-order valence-corrected chi connectivity index (χ4v) is 2.49. The van der Waals surface area contributed by atoms with Gasteiger partial charge in [-0.3, -0.25) is 19.9 Å². The topological polar surface area (TPSA) is 101 Å². The Hall–Kier alpha value is -2.74. The first-order valence-electron chi connectivity index (χ1n) is 7.36. The normalized spacial score (nSPS) is 20.9. The van der Waals surface area contributed by atoms with Crippen molar-refractivity contribution in [2.24, 2.45) is 0 Å². The van der Waals surface area contributed by atoms with E-state index in [1.807, 2.05) is 13.8 Å². The van der Waals surface area contributed by atoms with E-state index in [0.29, 0.717) is 17.8 Å². The van der Waals surface area contributed by atoms with Crippen LogP contribution in [-0.4, -0.2) is 32.6 Å². The average Bonchev–Trinajstić information content (AvgIpc) is 2.88. The van der Waals surface area contributed by atoms with Crippen LogP contribution >= 0.6 is 0 Å². The van der Waals surface area contributed by atoms with E-state index < -0.39 is 6.29 Å². The summed E-state index contributed by atoms with van der Waals surface area (Å²) < 4.78 is 1.57. The summed E-state index contributed by atoms with van der Waals surface area (Å²) in [6.07, 6.45) is 3.03. The zero-order valence-electron chi connectivity index (χ0n) is 12.9. The lowest BCUT2D eigenvalue weighted by Crippen LogP contribution is -2.52. The molecule has 1 aliphatic rings. The van der Waals surface area contributed by atoms with Crippen molar-refractivity contribution in [3.63, 3.8) is 0 Å². The molecule has 0 aromatic carbocycles. The second kappa shape index (κ2) is 6.17. The maximum Gasteiger partial charge on any atom is 0.256 e. The van der Waals surface area contributed by atoms with E-state index in [9.17, 15) is 9.59 Å². The van der Waals surface area contributed by atoms with Gasteiger partial charge in [0, 0.05) is 36.5 Å². The van der Waals surface area contributed by atoms with Crippen LogP contribution in [0.5, 0.6) is 0 Å². The van der Waals surface area contributed by atoms with E-state index in [4.69, 9.17) is 0 Å². The molecule has 3 heterocycles. The maximum atomic E-state index is 12.3. The molecule has 2 atom stereocenters. The van der Waals surface area contributed by atoms with Gasteiger partial charge in [0.25, 0.3) is 5.91 Å². The summed E-state index contributed by atoms with van der Waals surface area (Å²) in [5, 5.41) is 13.2. The molecular formula is C15H18N6O2. The molecule has 2 amide bonds. The highest BCUT2D eigenvalue weighted by atomic mass is 16.2. The van der Waals surface area contributed by atoms with Gasteiger partial charge in [-0.05, 0) is 26.0 Å². The van der Waals surface area contributed by atoms with E-state index in [0.717, 1.165) is 5.69 Å². The first-order valence-corrected chi connectivity index (χ1v) is 7.36. The first-order chi connectivity index (χ1) is 11.0. The molecule has 0 aliphatic carbocycles. The number of nitrogens with one attached hydrogen (secondary N) is 3. The zero-order chi connectivity index (χ0) is 16.4. The lowest BCUT2D eigenvalue weighted by molar-refractivity contribution is -0.125. The molecule has 1 aliphatic heterocycles. The molecular weight excluding hydrogens is 296 g/mol. The summed E-state index contributed by atoms with van der Waals surface area (Å²) in [6, 6.07) is 5.05. The van der Waals surface area contributed by atoms with Crippen molar-refractivity contribution < 1.29 is 9.59 Å². The van der Waals surface area contributed by atoms with Gasteiger partial charge in [-0.25, -0.2) is 4.68 Å². The Balaban J connectivity index is 1.83. The quantitative estimate of drug-likeness (QED) is 0.778. The minimum atomic E-state index is -0.493. The summed E-state index contributed by atoms with van der Waals surface area (Å²) >= 11 is 0. The molecule has 3 N–H and O–H groups in total. The van der Waals surface area contributed by atoms with Crippen LogP contribution in [0.25, 0.3) is 0 Å². The zero-order valence-corrected chi connectivity index (χ0v) is 12.9. The standard InChI is InChI=1S/C15H18N6O2/c1-9-8-13(22)19-15(17-9)21-12(7-10(2)20-21)18-14(23)11-3-5-16-6-4-11/h3-7,9,15,17H,8H2,1-2H3,(H,18,23)(H,19,22). The Labute approximate surface area is 133 Å². The maximum absolute atomic E-state index is 12.3. The molecule has 2 unspecified atom stereocenters. The summed E-state index contributed by atoms with van der Waals surface area (Å²) in [5.41, 5.74) is 1.24. The van der Waals surface area contributed by atoms with Crippen molar-refractivity contribution in [2.75, 3.05) is 5.32 Å². The molecule has 0 saturated carbocycles. The van der Waals surface area contributed by atoms with Crippen LogP contribution in [0, 0.1) is 6.92 Å². The van der Waals surface area contributed by atoms with Gasteiger partial charge < -0.3 is 10.6 Å². The number of pyridine rings is 1. The SMILES string of the molecule is Cc1cc(NC(=O)c2ccncc2)n(C2NC(=O)CC(C)N2)n1. The summed E-state index contributed by atoms with van der Waals surface area (Å²) in [4.78, 5) is 27.9. The molecule has 2 aromatic heterocycles. The number of hydrogen-bond acceptors (Lipinski definition) is 5. The lowest BCUT2D eigenvalue weighted by atomic mass is 10.2. The third-order valence-corrected chi connectivity index (χ3v) is 3.52. The van der Waals surface area contributed by atoms with Crippen LogP contribution in [-0.2, 0) is 4.79 Å². The number of rotatable bonds is 3. The molecule has 2 aromatic rings. The Morgan fingerprint density at radius 1 is 1.39 bits per heavy atom. The number of carbonyl (C=O) groups excluding carboxylic acids is 2. The van der Waals surface area contributed by atoms with E-state index in [1.165, 1.54) is 0 Å². The smallest absolute Gasteiger partial charge is 0.256 e. The first kappa shape index (κ1) is 15.2. The van der Waals surface area contributed by atoms with Gasteiger partial charge in [0.2, 0.25) is 5.91 Å². The lowest BCUT2D eigenvalue weighted by Gasteiger charge is -2.30. The molecule has 1 saturated heterocycles. The van der Waals surface area contributed by atoms with Crippen molar-refractivity contribution in [3.05, 3.63) is 41.9 Å². The van der Waals surface area contributed by atoms with E-state index in [-0.39, 0.29) is 17.9 Å². The monoisotopic (exact) mass is 314 g/mol. The predicted molar refractivity (Wildman–Crippen MR) is 83.5 cm³/mol. The van der Waals surface area contributed by atoms with Crippen molar-refractivity contribution in [3.8, 4) is 0 Å². The van der Waals surface area contributed by atoms with Gasteiger partial charge >= 0.3 is 0 Å². The van der Waals surface area contributed by atoms with E-state index in [2.05, 4.69) is 26.0 Å². The Kier molecular flexibility index (Phi) is 4.07. The van der Waals surface area contributed by atoms with Gasteiger partial charge in [0.1, 0.15) is 5.82 Å².